The van der Waals surface area contributed by atoms with E-state index in [4.69, 9.17) is 4.74 Å². The summed E-state index contributed by atoms with van der Waals surface area (Å²) in [4.78, 5) is 24.6. The molecule has 1 amide bonds. The number of carbonyl (C=O) groups is 2. The molecule has 0 saturated carbocycles. The van der Waals surface area contributed by atoms with E-state index in [2.05, 4.69) is 55.6 Å². The average molecular weight is 1050 g/mol. The molecule has 0 spiro atoms. The van der Waals surface area contributed by atoms with Crippen molar-refractivity contribution >= 4 is 11.9 Å². The van der Waals surface area contributed by atoms with Crippen LogP contribution >= 0.6 is 0 Å². The Morgan fingerprint density at radius 3 is 1.05 bits per heavy atom. The first-order valence-electron chi connectivity index (χ1n) is 33.7. The Kier molecular flexibility index (Phi) is 63.0. The van der Waals surface area contributed by atoms with Crippen LogP contribution in [0.1, 0.15) is 367 Å². The molecule has 0 bridgehead atoms. The first kappa shape index (κ1) is 73.1. The predicted octanol–water partition coefficient (Wildman–Crippen LogP) is 21.5. The minimum absolute atomic E-state index is 0.00497. The fraction of sp³-hybridized carbons (Fsp3) is 0.884. The Bertz CT molecular complexity index is 1210. The lowest BCUT2D eigenvalue weighted by atomic mass is 10.0. The molecule has 75 heavy (non-hydrogen) atoms. The van der Waals surface area contributed by atoms with Gasteiger partial charge in [-0.1, -0.05) is 307 Å². The highest BCUT2D eigenvalue weighted by molar-refractivity contribution is 5.76. The molecule has 0 aromatic heterocycles. The van der Waals surface area contributed by atoms with Gasteiger partial charge in [-0.25, -0.2) is 0 Å². The number of hydrogen-bond acceptors (Lipinski definition) is 5. The van der Waals surface area contributed by atoms with Crippen molar-refractivity contribution in [2.75, 3.05) is 13.2 Å². The van der Waals surface area contributed by atoms with Crippen LogP contribution in [0.5, 0.6) is 0 Å². The Balaban J connectivity index is 3.41. The summed E-state index contributed by atoms with van der Waals surface area (Å²) in [5.74, 6) is -0.0351. The molecule has 2 atom stereocenters. The van der Waals surface area contributed by atoms with E-state index in [9.17, 15) is 19.8 Å². The van der Waals surface area contributed by atoms with E-state index in [1.807, 2.05) is 0 Å². The zero-order valence-electron chi connectivity index (χ0n) is 50.5. The third-order valence-corrected chi connectivity index (χ3v) is 15.7. The van der Waals surface area contributed by atoms with Gasteiger partial charge >= 0.3 is 5.97 Å². The van der Waals surface area contributed by atoms with Crippen molar-refractivity contribution in [3.63, 3.8) is 0 Å². The van der Waals surface area contributed by atoms with Gasteiger partial charge in [0.15, 0.2) is 0 Å². The van der Waals surface area contributed by atoms with Crippen molar-refractivity contribution in [2.24, 2.45) is 0 Å². The second-order valence-corrected chi connectivity index (χ2v) is 23.1. The Morgan fingerprint density at radius 2 is 0.667 bits per heavy atom. The number of unbranched alkanes of at least 4 members (excludes halogenated alkanes) is 46. The largest absolute Gasteiger partial charge is 0.466 e. The highest BCUT2D eigenvalue weighted by Gasteiger charge is 2.20. The zero-order valence-corrected chi connectivity index (χ0v) is 50.5. The Labute approximate surface area is 468 Å². The number of nitrogens with one attached hydrogen (secondary N) is 1. The molecule has 0 saturated heterocycles. The topological polar surface area (TPSA) is 95.9 Å². The molecule has 0 aromatic rings. The van der Waals surface area contributed by atoms with Gasteiger partial charge in [-0.15, -0.1) is 0 Å². The number of esters is 1. The molecule has 0 aliphatic carbocycles. The first-order valence-corrected chi connectivity index (χ1v) is 33.7. The van der Waals surface area contributed by atoms with Crippen LogP contribution in [0.25, 0.3) is 0 Å². The summed E-state index contributed by atoms with van der Waals surface area (Å²) in [6.07, 6.45) is 81.7. The zero-order chi connectivity index (χ0) is 54.3. The first-order chi connectivity index (χ1) is 37.0. The van der Waals surface area contributed by atoms with E-state index in [0.29, 0.717) is 25.9 Å². The van der Waals surface area contributed by atoms with Gasteiger partial charge in [0, 0.05) is 12.8 Å². The molecule has 6 nitrogen and oxygen atoms in total. The number of allylic oxidation sites excluding steroid dienone is 6. The third-order valence-electron chi connectivity index (χ3n) is 15.7. The van der Waals surface area contributed by atoms with Gasteiger partial charge in [-0.05, 0) is 83.5 Å². The average Bonchev–Trinajstić information content (AvgIpc) is 3.41. The maximum absolute atomic E-state index is 12.5. The van der Waals surface area contributed by atoms with Crippen LogP contribution in [0.2, 0.25) is 0 Å². The van der Waals surface area contributed by atoms with Crippen LogP contribution in [-0.4, -0.2) is 47.4 Å². The molecule has 442 valence electrons. The fourth-order valence-electron chi connectivity index (χ4n) is 10.5. The number of aliphatic hydroxyl groups is 2. The minimum atomic E-state index is -0.670. The van der Waals surface area contributed by atoms with E-state index in [1.54, 1.807) is 0 Å². The number of ether oxygens (including phenoxy) is 1. The molecule has 0 aliphatic heterocycles. The van der Waals surface area contributed by atoms with Crippen molar-refractivity contribution < 1.29 is 24.5 Å². The molecule has 6 heteroatoms. The summed E-state index contributed by atoms with van der Waals surface area (Å²) in [5, 5.41) is 23.4. The molecule has 0 aliphatic rings. The molecule has 0 radical (unpaired) electrons. The fourth-order valence-corrected chi connectivity index (χ4v) is 10.5. The van der Waals surface area contributed by atoms with Crippen molar-refractivity contribution in [1.82, 2.24) is 5.32 Å². The van der Waals surface area contributed by atoms with Crippen LogP contribution in [0.4, 0.5) is 0 Å². The van der Waals surface area contributed by atoms with Gasteiger partial charge in [-0.3, -0.25) is 9.59 Å². The standard InChI is InChI=1S/C69H131NO5/c1-3-5-7-9-11-13-15-17-19-21-26-31-35-39-43-47-51-55-59-63-69(74)75-64-60-56-52-48-44-40-36-32-28-25-23-24-27-30-34-38-42-46-50-54-58-62-68(73)70-66(65-71)67(72)61-57-53-49-45-41-37-33-29-22-20-18-16-14-12-10-8-6-4-2/h11,13,17,19,24,27,66-67,71-72H,3-10,12,14-16,18,20-23,25-26,28-65H2,1-2H3,(H,70,73)/b13-11-,19-17-,27-24-. The van der Waals surface area contributed by atoms with Gasteiger partial charge in [0.05, 0.1) is 25.4 Å². The second-order valence-electron chi connectivity index (χ2n) is 23.1. The van der Waals surface area contributed by atoms with Gasteiger partial charge in [0.2, 0.25) is 5.91 Å². The van der Waals surface area contributed by atoms with E-state index >= 15 is 0 Å². The summed E-state index contributed by atoms with van der Waals surface area (Å²) in [6.45, 7) is 4.95. The number of aliphatic hydroxyl groups excluding tert-OH is 2. The summed E-state index contributed by atoms with van der Waals surface area (Å²) in [5.41, 5.74) is 0. The monoisotopic (exact) mass is 1050 g/mol. The highest BCUT2D eigenvalue weighted by atomic mass is 16.5. The van der Waals surface area contributed by atoms with Gasteiger partial charge in [-0.2, -0.15) is 0 Å². The lowest BCUT2D eigenvalue weighted by Gasteiger charge is -2.22. The smallest absolute Gasteiger partial charge is 0.305 e. The summed E-state index contributed by atoms with van der Waals surface area (Å²) in [7, 11) is 0. The van der Waals surface area contributed by atoms with E-state index in [1.165, 1.54) is 283 Å². The van der Waals surface area contributed by atoms with Crippen LogP contribution in [0.15, 0.2) is 36.5 Å². The number of rotatable bonds is 63. The summed E-state index contributed by atoms with van der Waals surface area (Å²) < 4.78 is 5.50. The van der Waals surface area contributed by atoms with Crippen molar-refractivity contribution in [3.8, 4) is 0 Å². The lowest BCUT2D eigenvalue weighted by Crippen LogP contribution is -2.45. The molecule has 2 unspecified atom stereocenters. The molecule has 0 fully saturated rings. The quantitative estimate of drug-likeness (QED) is 0.0320. The van der Waals surface area contributed by atoms with Crippen molar-refractivity contribution in [1.29, 1.82) is 0 Å². The molecule has 0 heterocycles. The van der Waals surface area contributed by atoms with E-state index in [0.717, 1.165) is 51.4 Å². The van der Waals surface area contributed by atoms with Gasteiger partial charge in [0.25, 0.3) is 0 Å². The number of hydrogen-bond donors (Lipinski definition) is 3. The van der Waals surface area contributed by atoms with E-state index in [-0.39, 0.29) is 18.5 Å². The van der Waals surface area contributed by atoms with E-state index < -0.39 is 12.1 Å². The van der Waals surface area contributed by atoms with Crippen molar-refractivity contribution in [2.45, 2.75) is 379 Å². The number of amides is 1. The molecular weight excluding hydrogens is 923 g/mol. The summed E-state index contributed by atoms with van der Waals surface area (Å²) >= 11 is 0. The number of carbonyl (C=O) groups excluding carboxylic acids is 2. The van der Waals surface area contributed by atoms with Crippen LogP contribution in [-0.2, 0) is 14.3 Å². The predicted molar refractivity (Wildman–Crippen MR) is 329 cm³/mol. The van der Waals surface area contributed by atoms with Crippen molar-refractivity contribution in [3.05, 3.63) is 36.5 Å². The highest BCUT2D eigenvalue weighted by Crippen LogP contribution is 2.18. The SMILES string of the molecule is CCCCC/C=C\C/C=C\CCCCCCCCCCCC(=O)OCCCCCCCCCCCC/C=C\CCCCCCCCCC(=O)NC(CO)C(O)CCCCCCCCCCCCCCCCCCCC. The Morgan fingerprint density at radius 1 is 0.373 bits per heavy atom. The lowest BCUT2D eigenvalue weighted by molar-refractivity contribution is -0.143. The van der Waals surface area contributed by atoms with Crippen LogP contribution in [0, 0.1) is 0 Å². The van der Waals surface area contributed by atoms with Crippen LogP contribution < -0.4 is 5.32 Å². The minimum Gasteiger partial charge on any atom is -0.466 e. The summed E-state index contributed by atoms with van der Waals surface area (Å²) in [6, 6.07) is -0.548. The van der Waals surface area contributed by atoms with Gasteiger partial charge in [0.1, 0.15) is 0 Å². The maximum atomic E-state index is 12.5. The molecular formula is C69H131NO5. The second kappa shape index (κ2) is 64.6. The molecule has 0 aromatic carbocycles. The van der Waals surface area contributed by atoms with Gasteiger partial charge < -0.3 is 20.3 Å². The van der Waals surface area contributed by atoms with Crippen LogP contribution in [0.3, 0.4) is 0 Å². The Hall–Kier alpha value is -1.92. The molecule has 3 N–H and O–H groups in total. The normalized spacial score (nSPS) is 12.7. The molecule has 0 rings (SSSR count). The third kappa shape index (κ3) is 61.2. The maximum Gasteiger partial charge on any atom is 0.305 e.